The Balaban J connectivity index is 1.38. The van der Waals surface area contributed by atoms with Crippen molar-refractivity contribution in [2.75, 3.05) is 25.0 Å². The monoisotopic (exact) mass is 378 g/mol. The summed E-state index contributed by atoms with van der Waals surface area (Å²) >= 11 is 0. The van der Waals surface area contributed by atoms with Crippen molar-refractivity contribution < 1.29 is 9.59 Å². The van der Waals surface area contributed by atoms with E-state index >= 15 is 0 Å². The van der Waals surface area contributed by atoms with Crippen LogP contribution in [0, 0.1) is 0 Å². The Morgan fingerprint density at radius 3 is 2.68 bits per heavy atom. The Morgan fingerprint density at radius 2 is 1.89 bits per heavy atom. The molecule has 4 rings (SSSR count). The summed E-state index contributed by atoms with van der Waals surface area (Å²) in [4.78, 5) is 33.1. The zero-order valence-corrected chi connectivity index (χ0v) is 16.0. The minimum atomic E-state index is -0.0846. The molecule has 0 saturated carbocycles. The van der Waals surface area contributed by atoms with E-state index in [-0.39, 0.29) is 18.0 Å². The van der Waals surface area contributed by atoms with Crippen LogP contribution in [0.25, 0.3) is 11.3 Å². The highest BCUT2D eigenvalue weighted by molar-refractivity contribution is 5.90. The topological polar surface area (TPSA) is 65.5 Å². The van der Waals surface area contributed by atoms with Gasteiger partial charge in [0, 0.05) is 49.5 Å². The van der Waals surface area contributed by atoms with Gasteiger partial charge in [-0.05, 0) is 37.8 Å². The van der Waals surface area contributed by atoms with E-state index in [1.807, 2.05) is 52.3 Å². The number of hydrogen-bond donors (Lipinski definition) is 1. The molecule has 0 bridgehead atoms. The van der Waals surface area contributed by atoms with Gasteiger partial charge < -0.3 is 15.1 Å². The van der Waals surface area contributed by atoms with Crippen molar-refractivity contribution in [2.24, 2.45) is 0 Å². The number of benzene rings is 1. The van der Waals surface area contributed by atoms with Crippen LogP contribution >= 0.6 is 0 Å². The number of hydrogen-bond acceptors (Lipinski definition) is 3. The van der Waals surface area contributed by atoms with Crippen LogP contribution in [0.4, 0.5) is 10.5 Å². The number of carbonyl (C=O) groups excluding carboxylic acids is 2. The highest BCUT2D eigenvalue weighted by Gasteiger charge is 2.30. The molecule has 0 radical (unpaired) electrons. The Kier molecular flexibility index (Phi) is 5.55. The molecule has 6 heteroatoms. The lowest BCUT2D eigenvalue weighted by molar-refractivity contribution is -0.129. The second-order valence-electron chi connectivity index (χ2n) is 7.49. The molecule has 1 N–H and O–H groups in total. The van der Waals surface area contributed by atoms with Gasteiger partial charge in [-0.25, -0.2) is 4.79 Å². The maximum atomic E-state index is 12.8. The van der Waals surface area contributed by atoms with Gasteiger partial charge in [0.25, 0.3) is 0 Å². The molecule has 2 aliphatic rings. The second kappa shape index (κ2) is 8.42. The Labute approximate surface area is 165 Å². The molecule has 3 heterocycles. The number of pyridine rings is 1. The normalized spacial score (nSPS) is 20.1. The first kappa shape index (κ1) is 18.5. The molecule has 2 fully saturated rings. The average Bonchev–Trinajstić information content (AvgIpc) is 3.00. The molecule has 2 aromatic rings. The number of anilines is 1. The Hall–Kier alpha value is -2.89. The minimum Gasteiger partial charge on any atom is -0.340 e. The largest absolute Gasteiger partial charge is 0.340 e. The first-order valence-electron chi connectivity index (χ1n) is 10.1. The number of likely N-dealkylation sites (tertiary alicyclic amines) is 2. The van der Waals surface area contributed by atoms with Gasteiger partial charge in [-0.3, -0.25) is 9.78 Å². The van der Waals surface area contributed by atoms with E-state index in [1.165, 1.54) is 0 Å². The van der Waals surface area contributed by atoms with Crippen LogP contribution in [-0.2, 0) is 4.79 Å². The molecule has 1 atom stereocenters. The van der Waals surface area contributed by atoms with Crippen LogP contribution in [0.5, 0.6) is 0 Å². The molecule has 146 valence electrons. The van der Waals surface area contributed by atoms with Gasteiger partial charge in [0.2, 0.25) is 5.91 Å². The summed E-state index contributed by atoms with van der Waals surface area (Å²) in [5.74, 6) is 0.271. The fraction of sp³-hybridized carbons (Fsp3) is 0.409. The third kappa shape index (κ3) is 4.16. The van der Waals surface area contributed by atoms with E-state index in [2.05, 4.69) is 10.3 Å². The smallest absolute Gasteiger partial charge is 0.321 e. The molecule has 6 nitrogen and oxygen atoms in total. The summed E-state index contributed by atoms with van der Waals surface area (Å²) in [7, 11) is 0. The highest BCUT2D eigenvalue weighted by Crippen LogP contribution is 2.23. The first-order chi connectivity index (χ1) is 13.7. The molecule has 0 aliphatic carbocycles. The van der Waals surface area contributed by atoms with Crippen LogP contribution in [0.2, 0.25) is 0 Å². The van der Waals surface area contributed by atoms with E-state index in [4.69, 9.17) is 0 Å². The van der Waals surface area contributed by atoms with Crippen molar-refractivity contribution >= 4 is 17.6 Å². The van der Waals surface area contributed by atoms with Crippen molar-refractivity contribution in [3.63, 3.8) is 0 Å². The van der Waals surface area contributed by atoms with Crippen molar-refractivity contribution in [3.8, 4) is 11.3 Å². The van der Waals surface area contributed by atoms with Crippen molar-refractivity contribution in [2.45, 2.75) is 38.1 Å². The zero-order chi connectivity index (χ0) is 19.3. The first-order valence-corrected chi connectivity index (χ1v) is 10.1. The van der Waals surface area contributed by atoms with Crippen LogP contribution in [-0.4, -0.2) is 52.4 Å². The predicted molar refractivity (Wildman–Crippen MR) is 109 cm³/mol. The molecule has 3 amide bonds. The number of nitrogens with one attached hydrogen (secondary N) is 1. The predicted octanol–water partition coefficient (Wildman–Crippen LogP) is 3.76. The maximum Gasteiger partial charge on any atom is 0.321 e. The molecular formula is C22H26N4O2. The maximum absolute atomic E-state index is 12.8. The van der Waals surface area contributed by atoms with Gasteiger partial charge in [-0.2, -0.15) is 0 Å². The lowest BCUT2D eigenvalue weighted by Crippen LogP contribution is -2.38. The summed E-state index contributed by atoms with van der Waals surface area (Å²) in [6.45, 7) is 2.27. The SMILES string of the molecule is O=C(Nc1ccnc(-c2ccccc2)c1)N1CCCC(N2CCCC2=O)CC1. The zero-order valence-electron chi connectivity index (χ0n) is 16.0. The van der Waals surface area contributed by atoms with Gasteiger partial charge >= 0.3 is 6.03 Å². The Morgan fingerprint density at radius 1 is 1.04 bits per heavy atom. The summed E-state index contributed by atoms with van der Waals surface area (Å²) in [5, 5.41) is 3.01. The van der Waals surface area contributed by atoms with E-state index in [0.29, 0.717) is 13.0 Å². The fourth-order valence-corrected chi connectivity index (χ4v) is 4.13. The van der Waals surface area contributed by atoms with Crippen LogP contribution in [0.15, 0.2) is 48.7 Å². The molecular weight excluding hydrogens is 352 g/mol. The summed E-state index contributed by atoms with van der Waals surface area (Å²) in [5.41, 5.74) is 2.60. The highest BCUT2D eigenvalue weighted by atomic mass is 16.2. The molecule has 1 aromatic heterocycles. The van der Waals surface area contributed by atoms with E-state index < -0.39 is 0 Å². The molecule has 28 heavy (non-hydrogen) atoms. The fourth-order valence-electron chi connectivity index (χ4n) is 4.13. The van der Waals surface area contributed by atoms with Crippen molar-refractivity contribution in [1.29, 1.82) is 0 Å². The third-order valence-corrected chi connectivity index (χ3v) is 5.62. The third-order valence-electron chi connectivity index (χ3n) is 5.62. The van der Waals surface area contributed by atoms with Gasteiger partial charge in [-0.1, -0.05) is 30.3 Å². The lowest BCUT2D eigenvalue weighted by Gasteiger charge is -2.27. The van der Waals surface area contributed by atoms with Crippen LogP contribution in [0.3, 0.4) is 0 Å². The summed E-state index contributed by atoms with van der Waals surface area (Å²) in [6.07, 6.45) is 6.11. The average molecular weight is 378 g/mol. The van der Waals surface area contributed by atoms with Crippen molar-refractivity contribution in [3.05, 3.63) is 48.7 Å². The molecule has 2 aliphatic heterocycles. The van der Waals surface area contributed by atoms with E-state index in [1.54, 1.807) is 6.20 Å². The number of amides is 3. The van der Waals surface area contributed by atoms with Crippen LogP contribution < -0.4 is 5.32 Å². The number of urea groups is 1. The number of aromatic nitrogens is 1. The van der Waals surface area contributed by atoms with Crippen molar-refractivity contribution in [1.82, 2.24) is 14.8 Å². The minimum absolute atomic E-state index is 0.0846. The van der Waals surface area contributed by atoms with Gasteiger partial charge in [0.05, 0.1) is 5.69 Å². The quantitative estimate of drug-likeness (QED) is 0.884. The second-order valence-corrected chi connectivity index (χ2v) is 7.49. The van der Waals surface area contributed by atoms with Gasteiger partial charge in [0.15, 0.2) is 0 Å². The number of carbonyl (C=O) groups is 2. The van der Waals surface area contributed by atoms with E-state index in [0.717, 1.165) is 55.7 Å². The van der Waals surface area contributed by atoms with Gasteiger partial charge in [-0.15, -0.1) is 0 Å². The molecule has 1 unspecified atom stereocenters. The summed E-state index contributed by atoms with van der Waals surface area (Å²) < 4.78 is 0. The number of rotatable bonds is 3. The van der Waals surface area contributed by atoms with Gasteiger partial charge in [0.1, 0.15) is 0 Å². The molecule has 0 spiro atoms. The molecule has 1 aromatic carbocycles. The summed E-state index contributed by atoms with van der Waals surface area (Å²) in [6, 6.07) is 13.8. The lowest BCUT2D eigenvalue weighted by atomic mass is 10.1. The molecule has 2 saturated heterocycles. The standard InChI is InChI=1S/C22H26N4O2/c27-21-9-5-14-26(21)19-8-4-13-25(15-11-19)22(28)24-18-10-12-23-20(16-18)17-6-2-1-3-7-17/h1-3,6-7,10,12,16,19H,4-5,8-9,11,13-15H2,(H,23,24,28). The number of nitrogens with zero attached hydrogens (tertiary/aromatic N) is 3. The van der Waals surface area contributed by atoms with E-state index in [9.17, 15) is 9.59 Å². The Bertz CT molecular complexity index is 839. The van der Waals surface area contributed by atoms with Crippen LogP contribution in [0.1, 0.15) is 32.1 Å².